The van der Waals surface area contributed by atoms with E-state index in [0.29, 0.717) is 13.2 Å². The van der Waals surface area contributed by atoms with Crippen LogP contribution in [-0.2, 0) is 19.6 Å². The molecule has 1 aromatic carbocycles. The van der Waals surface area contributed by atoms with E-state index in [4.69, 9.17) is 10.5 Å². The molecule has 0 saturated carbocycles. The number of rotatable bonds is 6. The molecule has 0 amide bonds. The molecule has 0 aliphatic carbocycles. The second-order valence-electron chi connectivity index (χ2n) is 5.05. The molecular weight excluding hydrogens is 330 g/mol. The fraction of sp³-hybridized carbons (Fsp3) is 0.438. The van der Waals surface area contributed by atoms with Crippen LogP contribution in [0.5, 0.6) is 5.75 Å². The van der Waals surface area contributed by atoms with Crippen LogP contribution in [0, 0.1) is 13.8 Å². The van der Waals surface area contributed by atoms with Gasteiger partial charge in [0, 0.05) is 6.54 Å². The number of halogens is 1. The number of aryl methyl sites for hydroxylation is 3. The van der Waals surface area contributed by atoms with Crippen LogP contribution in [0.2, 0.25) is 0 Å². The van der Waals surface area contributed by atoms with Gasteiger partial charge < -0.3 is 10.5 Å². The van der Waals surface area contributed by atoms with Crippen molar-refractivity contribution in [2.75, 3.05) is 6.54 Å². The molecule has 0 atom stereocenters. The molecule has 21 heavy (non-hydrogen) atoms. The highest BCUT2D eigenvalue weighted by Gasteiger charge is 2.14. The van der Waals surface area contributed by atoms with Crippen LogP contribution in [0.3, 0.4) is 0 Å². The van der Waals surface area contributed by atoms with E-state index in [-0.39, 0.29) is 0 Å². The molecule has 1 aromatic heterocycles. The van der Waals surface area contributed by atoms with Crippen LogP contribution in [0.1, 0.15) is 29.4 Å². The Kier molecular flexibility index (Phi) is 5.42. The summed E-state index contributed by atoms with van der Waals surface area (Å²) in [5.41, 5.74) is 10.0. The number of nitrogens with zero attached hydrogens (tertiary/aromatic N) is 2. The van der Waals surface area contributed by atoms with Gasteiger partial charge in [0.05, 0.1) is 15.9 Å². The lowest BCUT2D eigenvalue weighted by molar-refractivity contribution is 0.287. The molecule has 0 spiro atoms. The third kappa shape index (κ3) is 3.47. The summed E-state index contributed by atoms with van der Waals surface area (Å²) in [5.74, 6) is 0.941. The van der Waals surface area contributed by atoms with Crippen LogP contribution < -0.4 is 10.5 Å². The number of ether oxygens (including phenoxy) is 1. The van der Waals surface area contributed by atoms with Crippen molar-refractivity contribution in [3.05, 3.63) is 45.2 Å². The Bertz CT molecular complexity index is 622. The number of benzene rings is 1. The second kappa shape index (κ2) is 7.09. The molecule has 114 valence electrons. The molecule has 0 aliphatic rings. The van der Waals surface area contributed by atoms with E-state index in [1.807, 2.05) is 17.7 Å². The fourth-order valence-corrected chi connectivity index (χ4v) is 2.82. The summed E-state index contributed by atoms with van der Waals surface area (Å²) < 4.78 is 9.10. The van der Waals surface area contributed by atoms with Gasteiger partial charge in [-0.3, -0.25) is 4.68 Å². The van der Waals surface area contributed by atoms with Crippen LogP contribution >= 0.6 is 15.9 Å². The Morgan fingerprint density at radius 1 is 1.33 bits per heavy atom. The number of hydrogen-bond acceptors (Lipinski definition) is 3. The lowest BCUT2D eigenvalue weighted by Gasteiger charge is -2.14. The summed E-state index contributed by atoms with van der Waals surface area (Å²) in [6.07, 6.45) is 0.824. The smallest absolute Gasteiger partial charge is 0.131 e. The average molecular weight is 352 g/mol. The van der Waals surface area contributed by atoms with Crippen molar-refractivity contribution < 1.29 is 4.74 Å². The second-order valence-corrected chi connectivity index (χ2v) is 5.85. The summed E-state index contributed by atoms with van der Waals surface area (Å²) in [6.45, 7) is 8.08. The van der Waals surface area contributed by atoms with E-state index in [1.165, 1.54) is 0 Å². The molecule has 2 rings (SSSR count). The highest BCUT2D eigenvalue weighted by Crippen LogP contribution is 2.27. The van der Waals surface area contributed by atoms with Crippen LogP contribution in [0.15, 0.2) is 22.7 Å². The number of nitrogens with two attached hydrogens (primary N) is 1. The van der Waals surface area contributed by atoms with Crippen molar-refractivity contribution in [3.63, 3.8) is 0 Å². The first-order chi connectivity index (χ1) is 10.1. The van der Waals surface area contributed by atoms with E-state index in [1.54, 1.807) is 0 Å². The Labute approximate surface area is 134 Å². The molecule has 0 saturated heterocycles. The van der Waals surface area contributed by atoms with Crippen LogP contribution in [0.4, 0.5) is 0 Å². The minimum absolute atomic E-state index is 0.498. The fourth-order valence-electron chi connectivity index (χ4n) is 2.42. The molecule has 0 unspecified atom stereocenters. The predicted octanol–water partition coefficient (Wildman–Crippen LogP) is 3.36. The minimum Gasteiger partial charge on any atom is -0.487 e. The molecule has 4 nitrogen and oxygen atoms in total. The van der Waals surface area contributed by atoms with Crippen molar-refractivity contribution in [3.8, 4) is 5.75 Å². The van der Waals surface area contributed by atoms with E-state index >= 15 is 0 Å². The number of para-hydroxylation sites is 1. The first-order valence-corrected chi connectivity index (χ1v) is 8.00. The maximum atomic E-state index is 6.10. The van der Waals surface area contributed by atoms with Crippen molar-refractivity contribution in [1.29, 1.82) is 0 Å². The SMILES string of the molecule is CCn1nc(C)c(Br)c1COc1c(C)cccc1CCN. The highest BCUT2D eigenvalue weighted by molar-refractivity contribution is 9.10. The summed E-state index contributed by atoms with van der Waals surface area (Å²) in [7, 11) is 0. The highest BCUT2D eigenvalue weighted by atomic mass is 79.9. The molecule has 5 heteroatoms. The Balaban J connectivity index is 2.24. The van der Waals surface area contributed by atoms with Gasteiger partial charge in [-0.1, -0.05) is 18.2 Å². The average Bonchev–Trinajstić information content (AvgIpc) is 2.74. The summed E-state index contributed by atoms with van der Waals surface area (Å²) in [5, 5.41) is 4.49. The topological polar surface area (TPSA) is 53.1 Å². The largest absolute Gasteiger partial charge is 0.487 e. The van der Waals surface area contributed by atoms with E-state index in [2.05, 4.69) is 47.0 Å². The number of hydrogen-bond donors (Lipinski definition) is 1. The molecule has 0 fully saturated rings. The molecule has 0 aliphatic heterocycles. The molecule has 2 N–H and O–H groups in total. The van der Waals surface area contributed by atoms with Crippen molar-refractivity contribution in [2.24, 2.45) is 5.73 Å². The van der Waals surface area contributed by atoms with Gasteiger partial charge in [-0.25, -0.2) is 0 Å². The van der Waals surface area contributed by atoms with Crippen LogP contribution in [-0.4, -0.2) is 16.3 Å². The van der Waals surface area contributed by atoms with Crippen LogP contribution in [0.25, 0.3) is 0 Å². The Morgan fingerprint density at radius 2 is 2.10 bits per heavy atom. The Hall–Kier alpha value is -1.33. The standard InChI is InChI=1S/C16H22BrN3O/c1-4-20-14(15(17)12(3)19-20)10-21-16-11(2)6-5-7-13(16)8-9-18/h5-7H,4,8-10,18H2,1-3H3. The monoisotopic (exact) mass is 351 g/mol. The van der Waals surface area contributed by atoms with Gasteiger partial charge in [0.1, 0.15) is 12.4 Å². The predicted molar refractivity (Wildman–Crippen MR) is 88.6 cm³/mol. The first kappa shape index (κ1) is 16.0. The quantitative estimate of drug-likeness (QED) is 0.867. The van der Waals surface area contributed by atoms with E-state index in [9.17, 15) is 0 Å². The Morgan fingerprint density at radius 3 is 2.76 bits per heavy atom. The summed E-state index contributed by atoms with van der Waals surface area (Å²) >= 11 is 3.60. The number of aromatic nitrogens is 2. The zero-order chi connectivity index (χ0) is 15.4. The van der Waals surface area contributed by atoms with Crippen molar-refractivity contribution in [1.82, 2.24) is 9.78 Å². The normalized spacial score (nSPS) is 10.9. The van der Waals surface area contributed by atoms with Gasteiger partial charge in [-0.05, 0) is 60.8 Å². The molecule has 1 heterocycles. The van der Waals surface area contributed by atoms with E-state index in [0.717, 1.165) is 45.7 Å². The van der Waals surface area contributed by atoms with Gasteiger partial charge in [-0.15, -0.1) is 0 Å². The lowest BCUT2D eigenvalue weighted by Crippen LogP contribution is -2.09. The summed E-state index contributed by atoms with van der Waals surface area (Å²) in [4.78, 5) is 0. The van der Waals surface area contributed by atoms with Gasteiger partial charge in [0.25, 0.3) is 0 Å². The third-order valence-corrected chi connectivity index (χ3v) is 4.54. The van der Waals surface area contributed by atoms with Gasteiger partial charge in [0.15, 0.2) is 0 Å². The maximum absolute atomic E-state index is 6.10. The molecule has 0 bridgehead atoms. The molecule has 0 radical (unpaired) electrons. The van der Waals surface area contributed by atoms with Crippen molar-refractivity contribution >= 4 is 15.9 Å². The zero-order valence-electron chi connectivity index (χ0n) is 12.8. The van der Waals surface area contributed by atoms with Crippen molar-refractivity contribution in [2.45, 2.75) is 40.3 Å². The molecule has 2 aromatic rings. The minimum atomic E-state index is 0.498. The molecular formula is C16H22BrN3O. The summed E-state index contributed by atoms with van der Waals surface area (Å²) in [6, 6.07) is 6.18. The maximum Gasteiger partial charge on any atom is 0.131 e. The first-order valence-electron chi connectivity index (χ1n) is 7.21. The third-order valence-electron chi connectivity index (χ3n) is 3.51. The van der Waals surface area contributed by atoms with Gasteiger partial charge >= 0.3 is 0 Å². The lowest BCUT2D eigenvalue weighted by atomic mass is 10.1. The zero-order valence-corrected chi connectivity index (χ0v) is 14.4. The van der Waals surface area contributed by atoms with E-state index < -0.39 is 0 Å². The van der Waals surface area contributed by atoms with Gasteiger partial charge in [-0.2, -0.15) is 5.10 Å². The van der Waals surface area contributed by atoms with Gasteiger partial charge in [0.2, 0.25) is 0 Å².